The Morgan fingerprint density at radius 2 is 1.80 bits per heavy atom. The van der Waals surface area contributed by atoms with Crippen molar-refractivity contribution in [2.75, 3.05) is 0 Å². The van der Waals surface area contributed by atoms with Crippen molar-refractivity contribution in [2.45, 2.75) is 6.92 Å². The number of pyridine rings is 1. The zero-order valence-electron chi connectivity index (χ0n) is 10.5. The van der Waals surface area contributed by atoms with Gasteiger partial charge in [-0.1, -0.05) is 6.07 Å². The summed E-state index contributed by atoms with van der Waals surface area (Å²) in [6, 6.07) is 6.18. The fourth-order valence-corrected chi connectivity index (χ4v) is 2.02. The number of hydrogen-bond donors (Lipinski definition) is 0. The van der Waals surface area contributed by atoms with Crippen LogP contribution in [0.4, 0.5) is 8.78 Å². The van der Waals surface area contributed by atoms with Crippen molar-refractivity contribution >= 4 is 11.0 Å². The topological polar surface area (TPSA) is 47.8 Å². The lowest BCUT2D eigenvalue weighted by molar-refractivity contribution is 0.568. The van der Waals surface area contributed by atoms with Crippen molar-refractivity contribution < 1.29 is 8.78 Å². The summed E-state index contributed by atoms with van der Waals surface area (Å²) in [4.78, 5) is 20.1. The highest BCUT2D eigenvalue weighted by Gasteiger charge is 2.15. The van der Waals surface area contributed by atoms with E-state index in [4.69, 9.17) is 0 Å². The van der Waals surface area contributed by atoms with Gasteiger partial charge in [0.1, 0.15) is 23.1 Å². The van der Waals surface area contributed by atoms with Crippen molar-refractivity contribution in [2.24, 2.45) is 0 Å². The largest absolute Gasteiger partial charge is 0.269 e. The van der Waals surface area contributed by atoms with Crippen molar-refractivity contribution in [1.82, 2.24) is 14.5 Å². The molecule has 0 fully saturated rings. The normalized spacial score (nSPS) is 10.9. The summed E-state index contributed by atoms with van der Waals surface area (Å²) >= 11 is 0. The molecule has 0 saturated heterocycles. The molecule has 0 atom stereocenters. The number of halogens is 2. The molecular weight excluding hydrogens is 264 g/mol. The minimum absolute atomic E-state index is 0.175. The molecule has 0 N–H and O–H groups in total. The van der Waals surface area contributed by atoms with E-state index in [1.807, 2.05) is 0 Å². The second kappa shape index (κ2) is 4.48. The van der Waals surface area contributed by atoms with Gasteiger partial charge >= 0.3 is 0 Å². The average molecular weight is 273 g/mol. The maximum Gasteiger partial charge on any atom is 0.256 e. The maximum atomic E-state index is 13.9. The van der Waals surface area contributed by atoms with Crippen LogP contribution in [0.3, 0.4) is 0 Å². The molecule has 3 aromatic rings. The van der Waals surface area contributed by atoms with E-state index < -0.39 is 22.9 Å². The number of aromatic nitrogens is 3. The maximum absolute atomic E-state index is 13.9. The minimum atomic E-state index is -0.823. The Morgan fingerprint density at radius 1 is 1.10 bits per heavy atom. The molecule has 0 aliphatic heterocycles. The molecule has 2 aromatic heterocycles. The van der Waals surface area contributed by atoms with Gasteiger partial charge in [-0.2, -0.15) is 0 Å². The number of para-hydroxylation sites is 1. The molecule has 2 heterocycles. The van der Waals surface area contributed by atoms with Crippen LogP contribution in [0.25, 0.3) is 16.7 Å². The molecule has 6 heteroatoms. The van der Waals surface area contributed by atoms with Gasteiger partial charge in [-0.25, -0.2) is 18.7 Å². The second-order valence-electron chi connectivity index (χ2n) is 4.27. The van der Waals surface area contributed by atoms with E-state index in [2.05, 4.69) is 9.97 Å². The summed E-state index contributed by atoms with van der Waals surface area (Å²) in [6.07, 6.45) is 1.51. The third-order valence-electron chi connectivity index (χ3n) is 2.92. The summed E-state index contributed by atoms with van der Waals surface area (Å²) in [5, 5.41) is 0.526. The molecule has 0 radical (unpaired) electrons. The molecule has 0 aliphatic rings. The van der Waals surface area contributed by atoms with Gasteiger partial charge in [-0.05, 0) is 25.1 Å². The number of fused-ring (bicyclic) bond motifs is 1. The third kappa shape index (κ3) is 1.85. The Hall–Kier alpha value is -2.63. The van der Waals surface area contributed by atoms with Crippen LogP contribution in [0.15, 0.2) is 41.3 Å². The summed E-state index contributed by atoms with van der Waals surface area (Å²) in [6.45, 7) is 1.64. The first-order valence-electron chi connectivity index (χ1n) is 5.88. The van der Waals surface area contributed by atoms with Crippen LogP contribution in [-0.4, -0.2) is 14.5 Å². The smallest absolute Gasteiger partial charge is 0.256 e. The van der Waals surface area contributed by atoms with Crippen LogP contribution in [0.1, 0.15) is 5.82 Å². The highest BCUT2D eigenvalue weighted by molar-refractivity contribution is 5.75. The molecule has 0 saturated carbocycles. The lowest BCUT2D eigenvalue weighted by Gasteiger charge is -2.11. The van der Waals surface area contributed by atoms with E-state index in [-0.39, 0.29) is 5.65 Å². The molecular formula is C14H9F2N3O. The number of aryl methyl sites for hydroxylation is 1. The van der Waals surface area contributed by atoms with E-state index in [0.29, 0.717) is 11.2 Å². The number of benzene rings is 1. The van der Waals surface area contributed by atoms with Crippen molar-refractivity contribution in [1.29, 1.82) is 0 Å². The van der Waals surface area contributed by atoms with Crippen molar-refractivity contribution in [3.8, 4) is 5.69 Å². The van der Waals surface area contributed by atoms with Crippen molar-refractivity contribution in [3.63, 3.8) is 0 Å². The molecule has 4 nitrogen and oxygen atoms in total. The monoisotopic (exact) mass is 273 g/mol. The van der Waals surface area contributed by atoms with Crippen LogP contribution in [0.2, 0.25) is 0 Å². The van der Waals surface area contributed by atoms with Gasteiger partial charge in [0.05, 0.1) is 0 Å². The van der Waals surface area contributed by atoms with Gasteiger partial charge in [-0.15, -0.1) is 0 Å². The lowest BCUT2D eigenvalue weighted by atomic mass is 10.2. The van der Waals surface area contributed by atoms with E-state index in [0.717, 1.165) is 16.7 Å². The first kappa shape index (κ1) is 12.4. The van der Waals surface area contributed by atoms with Gasteiger partial charge in [0.15, 0.2) is 5.65 Å². The predicted octanol–water partition coefficient (Wildman–Crippen LogP) is 2.37. The second-order valence-corrected chi connectivity index (χ2v) is 4.27. The zero-order valence-corrected chi connectivity index (χ0v) is 10.5. The Kier molecular flexibility index (Phi) is 2.78. The third-order valence-corrected chi connectivity index (χ3v) is 2.92. The molecule has 0 spiro atoms. The van der Waals surface area contributed by atoms with Crippen LogP contribution in [0, 0.1) is 18.6 Å². The Labute approximate surface area is 112 Å². The Bertz CT molecular complexity index is 854. The molecule has 0 amide bonds. The van der Waals surface area contributed by atoms with E-state index in [9.17, 15) is 13.6 Å². The molecule has 0 aliphatic carbocycles. The molecule has 3 rings (SSSR count). The fourth-order valence-electron chi connectivity index (χ4n) is 2.02. The standard InChI is InChI=1S/C14H9F2N3O/c1-8-17-7-9-5-6-12(20)19(14(9)18-8)13-10(15)3-2-4-11(13)16/h2-7H,1H3. The van der Waals surface area contributed by atoms with Gasteiger partial charge in [-0.3, -0.25) is 9.36 Å². The molecule has 20 heavy (non-hydrogen) atoms. The van der Waals surface area contributed by atoms with Crippen LogP contribution in [0.5, 0.6) is 0 Å². The summed E-state index contributed by atoms with van der Waals surface area (Å²) < 4.78 is 28.7. The zero-order chi connectivity index (χ0) is 14.3. The Morgan fingerprint density at radius 3 is 2.50 bits per heavy atom. The average Bonchev–Trinajstić information content (AvgIpc) is 2.41. The van der Waals surface area contributed by atoms with Gasteiger partial charge in [0.2, 0.25) is 0 Å². The predicted molar refractivity (Wildman–Crippen MR) is 69.8 cm³/mol. The van der Waals surface area contributed by atoms with Crippen LogP contribution in [-0.2, 0) is 0 Å². The SMILES string of the molecule is Cc1ncc2ccc(=O)n(-c3c(F)cccc3F)c2n1. The minimum Gasteiger partial charge on any atom is -0.269 e. The number of nitrogens with zero attached hydrogens (tertiary/aromatic N) is 3. The number of rotatable bonds is 1. The summed E-state index contributed by atoms with van der Waals surface area (Å²) in [7, 11) is 0. The quantitative estimate of drug-likeness (QED) is 0.684. The van der Waals surface area contributed by atoms with Crippen LogP contribution < -0.4 is 5.56 Å². The van der Waals surface area contributed by atoms with Gasteiger partial charge < -0.3 is 0 Å². The van der Waals surface area contributed by atoms with E-state index >= 15 is 0 Å². The highest BCUT2D eigenvalue weighted by atomic mass is 19.1. The fraction of sp³-hybridized carbons (Fsp3) is 0.0714. The van der Waals surface area contributed by atoms with Crippen LogP contribution >= 0.6 is 0 Å². The molecule has 0 bridgehead atoms. The van der Waals surface area contributed by atoms with Gasteiger partial charge in [0, 0.05) is 17.6 Å². The first-order chi connectivity index (χ1) is 9.58. The van der Waals surface area contributed by atoms with Gasteiger partial charge in [0.25, 0.3) is 5.56 Å². The van der Waals surface area contributed by atoms with E-state index in [1.165, 1.54) is 24.4 Å². The Balaban J connectivity index is 2.50. The van der Waals surface area contributed by atoms with E-state index in [1.54, 1.807) is 6.92 Å². The first-order valence-corrected chi connectivity index (χ1v) is 5.88. The molecule has 0 unspecified atom stereocenters. The number of hydrogen-bond acceptors (Lipinski definition) is 3. The van der Waals surface area contributed by atoms with Crippen molar-refractivity contribution in [3.05, 3.63) is 64.3 Å². The highest BCUT2D eigenvalue weighted by Crippen LogP contribution is 2.19. The summed E-state index contributed by atoms with van der Waals surface area (Å²) in [5.74, 6) is -1.24. The summed E-state index contributed by atoms with van der Waals surface area (Å²) in [5.41, 5.74) is -0.810. The lowest BCUT2D eigenvalue weighted by Crippen LogP contribution is -2.21. The molecule has 1 aromatic carbocycles. The molecule has 100 valence electrons.